The van der Waals surface area contributed by atoms with E-state index in [2.05, 4.69) is 5.32 Å². The molecule has 1 heterocycles. The van der Waals surface area contributed by atoms with Crippen molar-refractivity contribution < 1.29 is 23.8 Å². The van der Waals surface area contributed by atoms with E-state index in [9.17, 15) is 9.59 Å². The van der Waals surface area contributed by atoms with Gasteiger partial charge in [0.05, 0.1) is 19.8 Å². The number of amides is 2. The van der Waals surface area contributed by atoms with Crippen LogP contribution in [0.2, 0.25) is 0 Å². The SMILES string of the molecule is CC[C@H]1Oc2ccc(NC(=O)c3ccccc3OC)cc2CN(CCc2ccccc2OC)C1=O. The van der Waals surface area contributed by atoms with Gasteiger partial charge in [-0.2, -0.15) is 0 Å². The Hall–Kier alpha value is -4.00. The average molecular weight is 475 g/mol. The van der Waals surface area contributed by atoms with Crippen LogP contribution in [0.3, 0.4) is 0 Å². The zero-order chi connectivity index (χ0) is 24.8. The van der Waals surface area contributed by atoms with E-state index in [1.54, 1.807) is 31.4 Å². The first-order chi connectivity index (χ1) is 17.0. The molecule has 0 unspecified atom stereocenters. The third-order valence-corrected chi connectivity index (χ3v) is 6.10. The Morgan fingerprint density at radius 1 is 1.03 bits per heavy atom. The predicted octanol–water partition coefficient (Wildman–Crippen LogP) is 4.70. The summed E-state index contributed by atoms with van der Waals surface area (Å²) in [5.74, 6) is 1.65. The van der Waals surface area contributed by atoms with Crippen molar-refractivity contribution in [3.05, 3.63) is 83.4 Å². The minimum Gasteiger partial charge on any atom is -0.496 e. The molecule has 1 N–H and O–H groups in total. The van der Waals surface area contributed by atoms with Gasteiger partial charge in [-0.25, -0.2) is 0 Å². The Labute approximate surface area is 205 Å². The molecule has 182 valence electrons. The summed E-state index contributed by atoms with van der Waals surface area (Å²) >= 11 is 0. The van der Waals surface area contributed by atoms with Crippen LogP contribution in [0, 0.1) is 0 Å². The molecule has 1 aliphatic rings. The largest absolute Gasteiger partial charge is 0.496 e. The van der Waals surface area contributed by atoms with Gasteiger partial charge in [0.2, 0.25) is 0 Å². The van der Waals surface area contributed by atoms with Gasteiger partial charge in [0, 0.05) is 24.3 Å². The maximum absolute atomic E-state index is 13.2. The highest BCUT2D eigenvalue weighted by Crippen LogP contribution is 2.30. The molecule has 1 atom stereocenters. The van der Waals surface area contributed by atoms with Crippen LogP contribution >= 0.6 is 0 Å². The average Bonchev–Trinajstić information content (AvgIpc) is 3.03. The van der Waals surface area contributed by atoms with E-state index in [1.807, 2.05) is 54.3 Å². The van der Waals surface area contributed by atoms with Gasteiger partial charge < -0.3 is 24.4 Å². The van der Waals surface area contributed by atoms with Crippen LogP contribution in [-0.2, 0) is 17.8 Å². The minimum absolute atomic E-state index is 0.0433. The lowest BCUT2D eigenvalue weighted by atomic mass is 10.1. The maximum Gasteiger partial charge on any atom is 0.263 e. The number of rotatable bonds is 8. The molecule has 35 heavy (non-hydrogen) atoms. The number of nitrogens with zero attached hydrogens (tertiary/aromatic N) is 1. The van der Waals surface area contributed by atoms with Crippen molar-refractivity contribution in [1.82, 2.24) is 4.90 Å². The number of methoxy groups -OCH3 is 2. The molecule has 0 aliphatic carbocycles. The number of hydrogen-bond donors (Lipinski definition) is 1. The quantitative estimate of drug-likeness (QED) is 0.512. The van der Waals surface area contributed by atoms with Crippen molar-refractivity contribution in [1.29, 1.82) is 0 Å². The first-order valence-electron chi connectivity index (χ1n) is 11.7. The molecule has 7 nitrogen and oxygen atoms in total. The fourth-order valence-electron chi connectivity index (χ4n) is 4.23. The second-order valence-electron chi connectivity index (χ2n) is 8.31. The van der Waals surface area contributed by atoms with Crippen molar-refractivity contribution in [3.8, 4) is 17.2 Å². The van der Waals surface area contributed by atoms with Crippen LogP contribution in [-0.4, -0.2) is 43.6 Å². The molecule has 3 aromatic rings. The molecule has 0 aromatic heterocycles. The highest BCUT2D eigenvalue weighted by atomic mass is 16.5. The number of nitrogens with one attached hydrogen (secondary N) is 1. The van der Waals surface area contributed by atoms with E-state index in [0.29, 0.717) is 48.7 Å². The number of anilines is 1. The fourth-order valence-corrected chi connectivity index (χ4v) is 4.23. The second kappa shape index (κ2) is 11.0. The summed E-state index contributed by atoms with van der Waals surface area (Å²) < 4.78 is 16.8. The highest BCUT2D eigenvalue weighted by Gasteiger charge is 2.30. The van der Waals surface area contributed by atoms with Gasteiger partial charge in [0.15, 0.2) is 6.10 Å². The van der Waals surface area contributed by atoms with Crippen LogP contribution in [0.15, 0.2) is 66.7 Å². The number of carbonyl (C=O) groups excluding carboxylic acids is 2. The molecule has 7 heteroatoms. The van der Waals surface area contributed by atoms with Crippen LogP contribution in [0.1, 0.15) is 34.8 Å². The molecule has 3 aromatic carbocycles. The summed E-state index contributed by atoms with van der Waals surface area (Å²) in [7, 11) is 3.18. The molecule has 0 fully saturated rings. The van der Waals surface area contributed by atoms with E-state index >= 15 is 0 Å². The smallest absolute Gasteiger partial charge is 0.263 e. The summed E-state index contributed by atoms with van der Waals surface area (Å²) in [4.78, 5) is 27.9. The Bertz CT molecular complexity index is 1210. The van der Waals surface area contributed by atoms with Gasteiger partial charge in [-0.1, -0.05) is 37.3 Å². The molecule has 0 bridgehead atoms. The van der Waals surface area contributed by atoms with Crippen molar-refractivity contribution in [3.63, 3.8) is 0 Å². The van der Waals surface area contributed by atoms with Crippen LogP contribution in [0.5, 0.6) is 17.2 Å². The Morgan fingerprint density at radius 3 is 2.49 bits per heavy atom. The summed E-state index contributed by atoms with van der Waals surface area (Å²) in [6.07, 6.45) is 0.671. The fraction of sp³-hybridized carbons (Fsp3) is 0.286. The van der Waals surface area contributed by atoms with Crippen molar-refractivity contribution in [2.75, 3.05) is 26.1 Å². The van der Waals surface area contributed by atoms with Crippen molar-refractivity contribution in [2.24, 2.45) is 0 Å². The molecule has 0 saturated heterocycles. The van der Waals surface area contributed by atoms with E-state index in [1.165, 1.54) is 7.11 Å². The number of para-hydroxylation sites is 2. The zero-order valence-corrected chi connectivity index (χ0v) is 20.2. The summed E-state index contributed by atoms with van der Waals surface area (Å²) in [5, 5.41) is 2.93. The summed E-state index contributed by atoms with van der Waals surface area (Å²) in [5.41, 5.74) is 2.95. The number of hydrogen-bond acceptors (Lipinski definition) is 5. The van der Waals surface area contributed by atoms with E-state index in [4.69, 9.17) is 14.2 Å². The highest BCUT2D eigenvalue weighted by molar-refractivity contribution is 6.06. The van der Waals surface area contributed by atoms with E-state index in [-0.39, 0.29) is 11.8 Å². The van der Waals surface area contributed by atoms with E-state index in [0.717, 1.165) is 16.9 Å². The molecular weight excluding hydrogens is 444 g/mol. The monoisotopic (exact) mass is 474 g/mol. The minimum atomic E-state index is -0.553. The lowest BCUT2D eigenvalue weighted by Crippen LogP contribution is -2.40. The zero-order valence-electron chi connectivity index (χ0n) is 20.2. The first-order valence-corrected chi connectivity index (χ1v) is 11.7. The Morgan fingerprint density at radius 2 is 1.74 bits per heavy atom. The molecule has 0 radical (unpaired) electrons. The van der Waals surface area contributed by atoms with Gasteiger partial charge in [-0.3, -0.25) is 9.59 Å². The van der Waals surface area contributed by atoms with Crippen LogP contribution in [0.25, 0.3) is 0 Å². The lowest BCUT2D eigenvalue weighted by Gasteiger charge is -2.23. The predicted molar refractivity (Wildman–Crippen MR) is 134 cm³/mol. The van der Waals surface area contributed by atoms with Crippen molar-refractivity contribution >= 4 is 17.5 Å². The number of ether oxygens (including phenoxy) is 3. The lowest BCUT2D eigenvalue weighted by molar-refractivity contribution is -0.138. The molecule has 0 saturated carbocycles. The summed E-state index contributed by atoms with van der Waals surface area (Å²) in [6.45, 7) is 2.85. The number of fused-ring (bicyclic) bond motifs is 1. The summed E-state index contributed by atoms with van der Waals surface area (Å²) in [6, 6.07) is 20.3. The standard InChI is InChI=1S/C28H30N2O5/c1-4-23-28(32)30(16-15-19-9-5-7-11-24(19)33-2)18-20-17-21(13-14-25(20)35-23)29-27(31)22-10-6-8-12-26(22)34-3/h5-14,17,23H,4,15-16,18H2,1-3H3,(H,29,31)/t23-/m1/s1. The number of benzene rings is 3. The van der Waals surface area contributed by atoms with Crippen LogP contribution in [0.4, 0.5) is 5.69 Å². The molecular formula is C28H30N2O5. The normalized spacial score (nSPS) is 15.0. The number of carbonyl (C=O) groups is 2. The Kier molecular flexibility index (Phi) is 7.55. The molecule has 4 rings (SSSR count). The second-order valence-corrected chi connectivity index (χ2v) is 8.31. The van der Waals surface area contributed by atoms with E-state index < -0.39 is 6.10 Å². The first kappa shape index (κ1) is 24.1. The van der Waals surface area contributed by atoms with Gasteiger partial charge in [0.25, 0.3) is 11.8 Å². The van der Waals surface area contributed by atoms with Crippen molar-refractivity contribution in [2.45, 2.75) is 32.4 Å². The molecule has 1 aliphatic heterocycles. The molecule has 0 spiro atoms. The van der Waals surface area contributed by atoms with Gasteiger partial charge in [-0.15, -0.1) is 0 Å². The third kappa shape index (κ3) is 5.40. The van der Waals surface area contributed by atoms with Gasteiger partial charge in [0.1, 0.15) is 17.2 Å². The van der Waals surface area contributed by atoms with Crippen LogP contribution < -0.4 is 19.5 Å². The maximum atomic E-state index is 13.2. The molecule has 2 amide bonds. The van der Waals surface area contributed by atoms with Gasteiger partial charge >= 0.3 is 0 Å². The topological polar surface area (TPSA) is 77.1 Å². The Balaban J connectivity index is 1.55. The third-order valence-electron chi connectivity index (χ3n) is 6.10. The van der Waals surface area contributed by atoms with Gasteiger partial charge in [-0.05, 0) is 54.8 Å².